The van der Waals surface area contributed by atoms with E-state index in [4.69, 9.17) is 9.82 Å². The van der Waals surface area contributed by atoms with Crippen LogP contribution in [0.25, 0.3) is 10.8 Å². The van der Waals surface area contributed by atoms with Crippen LogP contribution in [0, 0.1) is 6.92 Å². The highest BCUT2D eigenvalue weighted by molar-refractivity contribution is 6.02. The molecule has 1 saturated heterocycles. The lowest BCUT2D eigenvalue weighted by Crippen LogP contribution is -2.34. The van der Waals surface area contributed by atoms with Gasteiger partial charge in [0.25, 0.3) is 5.56 Å². The first-order chi connectivity index (χ1) is 16.0. The Morgan fingerprint density at radius 2 is 1.97 bits per heavy atom. The van der Waals surface area contributed by atoms with Crippen molar-refractivity contribution in [1.82, 2.24) is 14.9 Å². The van der Waals surface area contributed by atoms with Crippen LogP contribution >= 0.6 is 0 Å². The molecule has 7 nitrogen and oxygen atoms in total. The lowest BCUT2D eigenvalue weighted by Gasteiger charge is -2.33. The Bertz CT molecular complexity index is 1250. The van der Waals surface area contributed by atoms with Gasteiger partial charge in [0, 0.05) is 17.9 Å². The number of benzene rings is 1. The summed E-state index contributed by atoms with van der Waals surface area (Å²) in [6.07, 6.45) is 6.87. The number of hydrogen-bond donors (Lipinski definition) is 2. The van der Waals surface area contributed by atoms with Gasteiger partial charge in [0.05, 0.1) is 11.1 Å². The number of nitrogens with zero attached hydrogens (tertiary/aromatic N) is 3. The smallest absolute Gasteiger partial charge is 0.259 e. The summed E-state index contributed by atoms with van der Waals surface area (Å²) in [5, 5.41) is 8.73. The predicted octanol–water partition coefficient (Wildman–Crippen LogP) is 4.69. The second-order valence-corrected chi connectivity index (χ2v) is 9.22. The number of pyridine rings is 2. The summed E-state index contributed by atoms with van der Waals surface area (Å²) in [7, 11) is 1.51. The molecule has 0 bridgehead atoms. The molecule has 33 heavy (non-hydrogen) atoms. The third-order valence-corrected chi connectivity index (χ3v) is 6.92. The Hall–Kier alpha value is -3.19. The van der Waals surface area contributed by atoms with Crippen LogP contribution in [0.4, 0.5) is 11.5 Å². The van der Waals surface area contributed by atoms with Gasteiger partial charge in [0.15, 0.2) is 0 Å². The van der Waals surface area contributed by atoms with Crippen molar-refractivity contribution in [3.8, 4) is 0 Å². The molecular formula is C26H31N5O2. The summed E-state index contributed by atoms with van der Waals surface area (Å²) in [6.45, 7) is 6.44. The molecule has 1 aliphatic carbocycles. The summed E-state index contributed by atoms with van der Waals surface area (Å²) < 4.78 is 0. The monoisotopic (exact) mass is 445 g/mol. The van der Waals surface area contributed by atoms with E-state index in [2.05, 4.69) is 45.5 Å². The zero-order valence-corrected chi connectivity index (χ0v) is 19.5. The Kier molecular flexibility index (Phi) is 5.89. The molecule has 0 spiro atoms. The molecule has 0 atom stereocenters. The molecule has 0 radical (unpaired) electrons. The topological polar surface area (TPSA) is 82.6 Å². The largest absolute Gasteiger partial charge is 0.399 e. The van der Waals surface area contributed by atoms with Crippen LogP contribution in [0.3, 0.4) is 0 Å². The van der Waals surface area contributed by atoms with Gasteiger partial charge in [0.1, 0.15) is 18.6 Å². The van der Waals surface area contributed by atoms with Crippen LogP contribution in [-0.2, 0) is 4.84 Å². The minimum atomic E-state index is -0.175. The lowest BCUT2D eigenvalue weighted by atomic mass is 9.86. The average Bonchev–Trinajstić information content (AvgIpc) is 3.65. The molecule has 3 aromatic rings. The maximum atomic E-state index is 12.6. The number of oxime groups is 1. The first-order valence-electron chi connectivity index (χ1n) is 11.8. The molecule has 2 N–H and O–H groups in total. The maximum Gasteiger partial charge on any atom is 0.259 e. The number of aromatic nitrogens is 2. The first-order valence-corrected chi connectivity index (χ1v) is 11.8. The van der Waals surface area contributed by atoms with Crippen molar-refractivity contribution >= 4 is 28.0 Å². The van der Waals surface area contributed by atoms with E-state index in [0.29, 0.717) is 28.5 Å². The van der Waals surface area contributed by atoms with Crippen molar-refractivity contribution in [3.05, 3.63) is 63.7 Å². The number of aromatic amines is 1. The molecule has 1 saturated carbocycles. The normalized spacial score (nSPS) is 18.0. The van der Waals surface area contributed by atoms with Gasteiger partial charge in [-0.1, -0.05) is 11.2 Å². The lowest BCUT2D eigenvalue weighted by molar-refractivity contribution is 0.203. The second-order valence-electron chi connectivity index (χ2n) is 9.22. The molecular weight excluding hydrogens is 414 g/mol. The summed E-state index contributed by atoms with van der Waals surface area (Å²) in [5.74, 6) is 1.13. The van der Waals surface area contributed by atoms with E-state index in [9.17, 15) is 4.79 Å². The number of nitrogens with one attached hydrogen (secondary N) is 2. The molecule has 1 aromatic carbocycles. The highest BCUT2D eigenvalue weighted by Crippen LogP contribution is 2.36. The average molecular weight is 446 g/mol. The number of rotatable bonds is 6. The SMILES string of the molecule is CO/N=C(\C)c1cc2cc[nH]c(=O)c2c(Nc2ccc(C3CCN(C4CC4)CC3)c(C)c2)n1. The van der Waals surface area contributed by atoms with Crippen LogP contribution in [0.15, 0.2) is 46.5 Å². The van der Waals surface area contributed by atoms with E-state index in [1.165, 1.54) is 57.0 Å². The number of fused-ring (bicyclic) bond motifs is 1. The second kappa shape index (κ2) is 8.98. The summed E-state index contributed by atoms with van der Waals surface area (Å²) in [6, 6.07) is 11.1. The number of anilines is 2. The van der Waals surface area contributed by atoms with Gasteiger partial charge in [-0.3, -0.25) is 4.79 Å². The van der Waals surface area contributed by atoms with Crippen LogP contribution in [-0.4, -0.2) is 46.8 Å². The van der Waals surface area contributed by atoms with Gasteiger partial charge < -0.3 is 20.0 Å². The highest BCUT2D eigenvalue weighted by atomic mass is 16.6. The standard InChI is InChI=1S/C26H31N5O2/c1-16-14-20(4-7-22(16)18-9-12-31(13-10-18)21-5-6-21)28-25-24-19(8-11-27-26(24)32)15-23(29-25)17(2)30-33-3/h4,7-8,11,14-15,18,21H,5-6,9-10,12-13H2,1-3H3,(H,27,32)(H,28,29)/b30-17+. The minimum Gasteiger partial charge on any atom is -0.399 e. The molecule has 0 amide bonds. The molecule has 2 aromatic heterocycles. The highest BCUT2D eigenvalue weighted by Gasteiger charge is 2.32. The van der Waals surface area contributed by atoms with E-state index >= 15 is 0 Å². The van der Waals surface area contributed by atoms with Gasteiger partial charge in [-0.05, 0) is 99.3 Å². The van der Waals surface area contributed by atoms with E-state index in [0.717, 1.165) is 17.1 Å². The van der Waals surface area contributed by atoms with Gasteiger partial charge >= 0.3 is 0 Å². The van der Waals surface area contributed by atoms with Crippen LogP contribution in [0.1, 0.15) is 55.3 Å². The van der Waals surface area contributed by atoms with Crippen molar-refractivity contribution in [2.75, 3.05) is 25.5 Å². The Balaban J connectivity index is 1.43. The Labute approximate surface area is 193 Å². The Morgan fingerprint density at radius 3 is 2.67 bits per heavy atom. The van der Waals surface area contributed by atoms with Gasteiger partial charge in [-0.2, -0.15) is 0 Å². The third-order valence-electron chi connectivity index (χ3n) is 6.92. The molecule has 1 aliphatic heterocycles. The van der Waals surface area contributed by atoms with Crippen LogP contribution in [0.2, 0.25) is 0 Å². The zero-order valence-electron chi connectivity index (χ0n) is 19.5. The van der Waals surface area contributed by atoms with Crippen molar-refractivity contribution in [2.45, 2.75) is 51.5 Å². The summed E-state index contributed by atoms with van der Waals surface area (Å²) in [4.78, 5) is 27.7. The first kappa shape index (κ1) is 21.6. The quantitative estimate of drug-likeness (QED) is 0.425. The van der Waals surface area contributed by atoms with Crippen LogP contribution in [0.5, 0.6) is 0 Å². The van der Waals surface area contributed by atoms with Gasteiger partial charge in [0.2, 0.25) is 0 Å². The van der Waals surface area contributed by atoms with E-state index < -0.39 is 0 Å². The van der Waals surface area contributed by atoms with Crippen LogP contribution < -0.4 is 10.9 Å². The fourth-order valence-corrected chi connectivity index (χ4v) is 5.04. The molecule has 5 rings (SSSR count). The summed E-state index contributed by atoms with van der Waals surface area (Å²) >= 11 is 0. The number of likely N-dealkylation sites (tertiary alicyclic amines) is 1. The summed E-state index contributed by atoms with van der Waals surface area (Å²) in [5.41, 5.74) is 4.76. The molecule has 2 fully saturated rings. The van der Waals surface area contributed by atoms with Crippen molar-refractivity contribution in [3.63, 3.8) is 0 Å². The van der Waals surface area contributed by atoms with Crippen molar-refractivity contribution in [2.24, 2.45) is 5.16 Å². The zero-order chi connectivity index (χ0) is 22.9. The Morgan fingerprint density at radius 1 is 1.18 bits per heavy atom. The van der Waals surface area contributed by atoms with Gasteiger partial charge in [-0.25, -0.2) is 4.98 Å². The molecule has 2 aliphatic rings. The molecule has 172 valence electrons. The maximum absolute atomic E-state index is 12.6. The number of piperidine rings is 1. The van der Waals surface area contributed by atoms with Gasteiger partial charge in [-0.15, -0.1) is 0 Å². The van der Waals surface area contributed by atoms with E-state index in [-0.39, 0.29) is 5.56 Å². The number of aryl methyl sites for hydroxylation is 1. The van der Waals surface area contributed by atoms with Crippen molar-refractivity contribution < 1.29 is 4.84 Å². The fraction of sp³-hybridized carbons (Fsp3) is 0.423. The number of hydrogen-bond acceptors (Lipinski definition) is 6. The van der Waals surface area contributed by atoms with E-state index in [1.54, 1.807) is 6.20 Å². The van der Waals surface area contributed by atoms with E-state index in [1.807, 2.05) is 19.1 Å². The molecule has 7 heteroatoms. The molecule has 3 heterocycles. The minimum absolute atomic E-state index is 0.175. The van der Waals surface area contributed by atoms with Crippen molar-refractivity contribution in [1.29, 1.82) is 0 Å². The molecule has 0 unspecified atom stereocenters. The number of H-pyrrole nitrogens is 1. The predicted molar refractivity (Wildman–Crippen MR) is 133 cm³/mol. The third kappa shape index (κ3) is 4.50. The fourth-order valence-electron chi connectivity index (χ4n) is 5.04.